The lowest BCUT2D eigenvalue weighted by Crippen LogP contribution is -2.13. The molecule has 0 radical (unpaired) electrons. The first-order chi connectivity index (χ1) is 9.88. The number of halogens is 1. The van der Waals surface area contributed by atoms with Gasteiger partial charge < -0.3 is 0 Å². The summed E-state index contributed by atoms with van der Waals surface area (Å²) >= 11 is 6.94. The third-order valence-electron chi connectivity index (χ3n) is 2.56. The van der Waals surface area contributed by atoms with Gasteiger partial charge in [0.1, 0.15) is 10.6 Å². The number of hydrogen-bond donors (Lipinski definition) is 1. The van der Waals surface area contributed by atoms with E-state index in [1.165, 1.54) is 23.5 Å². The Balaban J connectivity index is 2.26. The predicted octanol–water partition coefficient (Wildman–Crippen LogP) is 3.48. The van der Waals surface area contributed by atoms with Crippen LogP contribution in [0.5, 0.6) is 0 Å². The molecular formula is C12H11ClN4O3S. The minimum Gasteiger partial charge on any atom is -0.296 e. The van der Waals surface area contributed by atoms with E-state index in [-0.39, 0.29) is 22.2 Å². The van der Waals surface area contributed by atoms with Gasteiger partial charge in [0.15, 0.2) is 0 Å². The zero-order valence-corrected chi connectivity index (χ0v) is 12.7. The van der Waals surface area contributed by atoms with Crippen molar-refractivity contribution in [3.05, 3.63) is 43.9 Å². The monoisotopic (exact) mass is 326 g/mol. The summed E-state index contributed by atoms with van der Waals surface area (Å²) in [6.07, 6.45) is 0. The van der Waals surface area contributed by atoms with Crippen LogP contribution in [0, 0.1) is 10.1 Å². The standard InChI is InChI=1S/C12H11ClN4O3S/c1-6(2)11-15-16-12(21-11)14-10(18)8-4-3-7(13)5-9(8)17(19)20/h3-6H,1-2H3,(H,14,16,18). The van der Waals surface area contributed by atoms with Gasteiger partial charge in [0.05, 0.1) is 4.92 Å². The number of nitro groups is 1. The SMILES string of the molecule is CC(C)c1nnc(NC(=O)c2ccc(Cl)cc2[N+](=O)[O-])s1. The molecule has 0 saturated carbocycles. The number of nitro benzene ring substituents is 1. The lowest BCUT2D eigenvalue weighted by atomic mass is 10.1. The van der Waals surface area contributed by atoms with E-state index in [1.807, 2.05) is 13.8 Å². The van der Waals surface area contributed by atoms with Crippen molar-refractivity contribution in [3.63, 3.8) is 0 Å². The molecule has 0 fully saturated rings. The highest BCUT2D eigenvalue weighted by atomic mass is 35.5. The summed E-state index contributed by atoms with van der Waals surface area (Å²) in [5.41, 5.74) is -0.431. The molecule has 0 saturated heterocycles. The first kappa shape index (κ1) is 15.3. The molecule has 2 aromatic rings. The van der Waals surface area contributed by atoms with Crippen LogP contribution in [-0.4, -0.2) is 21.0 Å². The fraction of sp³-hybridized carbons (Fsp3) is 0.250. The second kappa shape index (κ2) is 6.15. The van der Waals surface area contributed by atoms with E-state index in [0.29, 0.717) is 5.13 Å². The molecule has 0 aliphatic heterocycles. The van der Waals surface area contributed by atoms with Gasteiger partial charge >= 0.3 is 0 Å². The average Bonchev–Trinajstić information content (AvgIpc) is 2.87. The summed E-state index contributed by atoms with van der Waals surface area (Å²) < 4.78 is 0. The smallest absolute Gasteiger partial charge is 0.283 e. The summed E-state index contributed by atoms with van der Waals surface area (Å²) in [6, 6.07) is 3.86. The lowest BCUT2D eigenvalue weighted by molar-refractivity contribution is -0.385. The maximum absolute atomic E-state index is 12.1. The number of benzene rings is 1. The molecule has 21 heavy (non-hydrogen) atoms. The van der Waals surface area contributed by atoms with E-state index in [2.05, 4.69) is 15.5 Å². The molecule has 0 spiro atoms. The molecule has 9 heteroatoms. The van der Waals surface area contributed by atoms with Gasteiger partial charge in [-0.1, -0.05) is 36.8 Å². The number of amides is 1. The van der Waals surface area contributed by atoms with Crippen molar-refractivity contribution < 1.29 is 9.72 Å². The van der Waals surface area contributed by atoms with Gasteiger partial charge in [0.2, 0.25) is 5.13 Å². The molecule has 1 N–H and O–H groups in total. The number of nitrogens with one attached hydrogen (secondary N) is 1. The molecule has 110 valence electrons. The summed E-state index contributed by atoms with van der Waals surface area (Å²) in [7, 11) is 0. The van der Waals surface area contributed by atoms with Crippen LogP contribution in [-0.2, 0) is 0 Å². The van der Waals surface area contributed by atoms with E-state index in [4.69, 9.17) is 11.6 Å². The number of rotatable bonds is 4. The molecule has 0 atom stereocenters. The number of nitrogens with zero attached hydrogens (tertiary/aromatic N) is 3. The number of hydrogen-bond acceptors (Lipinski definition) is 6. The van der Waals surface area contributed by atoms with Crippen molar-refractivity contribution >= 4 is 39.7 Å². The average molecular weight is 327 g/mol. The minimum atomic E-state index is -0.652. The molecule has 1 heterocycles. The summed E-state index contributed by atoms with van der Waals surface area (Å²) in [6.45, 7) is 3.91. The molecule has 7 nitrogen and oxygen atoms in total. The van der Waals surface area contributed by atoms with Crippen molar-refractivity contribution in [2.45, 2.75) is 19.8 Å². The molecule has 1 amide bonds. The Labute approximate surface area is 129 Å². The Kier molecular flexibility index (Phi) is 4.49. The molecular weight excluding hydrogens is 316 g/mol. The molecule has 0 unspecified atom stereocenters. The molecule has 0 aliphatic rings. The third-order valence-corrected chi connectivity index (χ3v) is 3.93. The Morgan fingerprint density at radius 1 is 1.43 bits per heavy atom. The van der Waals surface area contributed by atoms with E-state index >= 15 is 0 Å². The van der Waals surface area contributed by atoms with Crippen molar-refractivity contribution in [1.82, 2.24) is 10.2 Å². The molecule has 1 aromatic carbocycles. The zero-order valence-electron chi connectivity index (χ0n) is 11.2. The first-order valence-electron chi connectivity index (χ1n) is 5.97. The summed E-state index contributed by atoms with van der Waals surface area (Å²) in [5, 5.41) is 22.5. The maximum Gasteiger partial charge on any atom is 0.283 e. The Morgan fingerprint density at radius 3 is 2.71 bits per heavy atom. The van der Waals surface area contributed by atoms with Crippen molar-refractivity contribution in [3.8, 4) is 0 Å². The number of carbonyl (C=O) groups is 1. The van der Waals surface area contributed by atoms with Gasteiger partial charge in [-0.2, -0.15) is 0 Å². The first-order valence-corrected chi connectivity index (χ1v) is 7.16. The van der Waals surface area contributed by atoms with Crippen LogP contribution < -0.4 is 5.32 Å². The second-order valence-electron chi connectivity index (χ2n) is 4.47. The fourth-order valence-corrected chi connectivity index (χ4v) is 2.44. The van der Waals surface area contributed by atoms with Crippen LogP contribution in [0.15, 0.2) is 18.2 Å². The Morgan fingerprint density at radius 2 is 2.14 bits per heavy atom. The van der Waals surface area contributed by atoms with Gasteiger partial charge in [-0.15, -0.1) is 10.2 Å². The third kappa shape index (κ3) is 3.53. The van der Waals surface area contributed by atoms with Crippen LogP contribution in [0.4, 0.5) is 10.8 Å². The van der Waals surface area contributed by atoms with E-state index in [9.17, 15) is 14.9 Å². The topological polar surface area (TPSA) is 98.0 Å². The summed E-state index contributed by atoms with van der Waals surface area (Å²) in [4.78, 5) is 22.4. The number of anilines is 1. The second-order valence-corrected chi connectivity index (χ2v) is 5.92. The fourth-order valence-electron chi connectivity index (χ4n) is 1.53. The van der Waals surface area contributed by atoms with E-state index in [0.717, 1.165) is 11.1 Å². The Bertz CT molecular complexity index is 702. The van der Waals surface area contributed by atoms with Crippen LogP contribution in [0.2, 0.25) is 5.02 Å². The molecule has 2 rings (SSSR count). The van der Waals surface area contributed by atoms with Gasteiger partial charge in [-0.05, 0) is 12.1 Å². The molecule has 1 aromatic heterocycles. The number of aromatic nitrogens is 2. The maximum atomic E-state index is 12.1. The van der Waals surface area contributed by atoms with Crippen LogP contribution in [0.25, 0.3) is 0 Å². The predicted molar refractivity (Wildman–Crippen MR) is 80.1 cm³/mol. The largest absolute Gasteiger partial charge is 0.296 e. The normalized spacial score (nSPS) is 10.7. The minimum absolute atomic E-state index is 0.0781. The quantitative estimate of drug-likeness (QED) is 0.685. The van der Waals surface area contributed by atoms with Gasteiger partial charge in [-0.25, -0.2) is 0 Å². The van der Waals surface area contributed by atoms with Gasteiger partial charge in [0, 0.05) is 17.0 Å². The molecule has 0 aliphatic carbocycles. The zero-order chi connectivity index (χ0) is 15.6. The van der Waals surface area contributed by atoms with Gasteiger partial charge in [0.25, 0.3) is 11.6 Å². The summed E-state index contributed by atoms with van der Waals surface area (Å²) in [5.74, 6) is -0.428. The van der Waals surface area contributed by atoms with Crippen molar-refractivity contribution in [2.75, 3.05) is 5.32 Å². The number of carbonyl (C=O) groups excluding carboxylic acids is 1. The Hall–Kier alpha value is -2.06. The van der Waals surface area contributed by atoms with E-state index < -0.39 is 10.8 Å². The highest BCUT2D eigenvalue weighted by Gasteiger charge is 2.21. The van der Waals surface area contributed by atoms with Crippen LogP contribution in [0.1, 0.15) is 35.1 Å². The highest BCUT2D eigenvalue weighted by molar-refractivity contribution is 7.15. The van der Waals surface area contributed by atoms with E-state index in [1.54, 1.807) is 0 Å². The van der Waals surface area contributed by atoms with Gasteiger partial charge in [-0.3, -0.25) is 20.2 Å². The molecule has 0 bridgehead atoms. The van der Waals surface area contributed by atoms with Crippen molar-refractivity contribution in [1.29, 1.82) is 0 Å². The van der Waals surface area contributed by atoms with Crippen LogP contribution >= 0.6 is 22.9 Å². The van der Waals surface area contributed by atoms with Crippen LogP contribution in [0.3, 0.4) is 0 Å². The lowest BCUT2D eigenvalue weighted by Gasteiger charge is -2.03. The highest BCUT2D eigenvalue weighted by Crippen LogP contribution is 2.26. The van der Waals surface area contributed by atoms with Crippen molar-refractivity contribution in [2.24, 2.45) is 0 Å².